The van der Waals surface area contributed by atoms with Crippen LogP contribution in [0.1, 0.15) is 46.9 Å². The molecule has 1 aromatic carbocycles. The summed E-state index contributed by atoms with van der Waals surface area (Å²) in [5.74, 6) is 0.833. The molecule has 6 nitrogen and oxygen atoms in total. The molecule has 8 heteroatoms. The zero-order valence-corrected chi connectivity index (χ0v) is 22.2. The lowest BCUT2D eigenvalue weighted by molar-refractivity contribution is 0.0355. The Labute approximate surface area is 207 Å². The van der Waals surface area contributed by atoms with Gasteiger partial charge in [0.15, 0.2) is 5.96 Å². The highest BCUT2D eigenvalue weighted by Gasteiger charge is 2.34. The summed E-state index contributed by atoms with van der Waals surface area (Å²) in [5.41, 5.74) is 2.42. The van der Waals surface area contributed by atoms with E-state index in [1.807, 2.05) is 7.05 Å². The van der Waals surface area contributed by atoms with Gasteiger partial charge >= 0.3 is 0 Å². The Morgan fingerprint density at radius 3 is 2.52 bits per heavy atom. The summed E-state index contributed by atoms with van der Waals surface area (Å²) in [4.78, 5) is 10.3. The minimum atomic E-state index is -0.0192. The molecule has 0 aliphatic carbocycles. The lowest BCUT2D eigenvalue weighted by Gasteiger charge is -2.41. The van der Waals surface area contributed by atoms with Crippen LogP contribution in [-0.4, -0.2) is 49.8 Å². The molecule has 0 amide bonds. The van der Waals surface area contributed by atoms with Gasteiger partial charge in [-0.1, -0.05) is 30.3 Å². The van der Waals surface area contributed by atoms with E-state index in [0.29, 0.717) is 0 Å². The molecular weight excluding hydrogens is 521 g/mol. The number of aliphatic imine (C=N–C) groups is 1. The van der Waals surface area contributed by atoms with Gasteiger partial charge in [0, 0.05) is 56.2 Å². The quantitative estimate of drug-likeness (QED) is 0.260. The first-order chi connectivity index (χ1) is 14.5. The van der Waals surface area contributed by atoms with Crippen molar-refractivity contribution in [1.29, 1.82) is 0 Å². The summed E-state index contributed by atoms with van der Waals surface area (Å²) >= 11 is 1.78. The molecule has 2 aromatic rings. The van der Waals surface area contributed by atoms with Crippen molar-refractivity contribution in [2.24, 2.45) is 4.99 Å². The average Bonchev–Trinajstić information content (AvgIpc) is 3.09. The molecular formula is C23H36IN5OS. The molecule has 0 radical (unpaired) electrons. The molecule has 1 atom stereocenters. The van der Waals surface area contributed by atoms with Crippen LogP contribution in [0.4, 0.5) is 0 Å². The molecule has 0 bridgehead atoms. The molecule has 0 spiro atoms. The molecule has 3 N–H and O–H groups in total. The number of hydrogen-bond donors (Lipinski definition) is 3. The monoisotopic (exact) mass is 557 g/mol. The van der Waals surface area contributed by atoms with Crippen molar-refractivity contribution >= 4 is 41.3 Å². The maximum Gasteiger partial charge on any atom is 0.191 e. The van der Waals surface area contributed by atoms with Crippen molar-refractivity contribution in [3.63, 3.8) is 0 Å². The van der Waals surface area contributed by atoms with E-state index in [9.17, 15) is 0 Å². The van der Waals surface area contributed by atoms with Crippen molar-refractivity contribution in [2.45, 2.75) is 51.6 Å². The zero-order valence-electron chi connectivity index (χ0n) is 19.0. The fourth-order valence-electron chi connectivity index (χ4n) is 3.83. The topological polar surface area (TPSA) is 70.6 Å². The number of aromatic nitrogens is 1. The van der Waals surface area contributed by atoms with Crippen molar-refractivity contribution in [1.82, 2.24) is 20.9 Å². The Balaban J connectivity index is 0.00000341. The van der Waals surface area contributed by atoms with Crippen molar-refractivity contribution < 1.29 is 4.74 Å². The van der Waals surface area contributed by atoms with E-state index in [2.05, 4.69) is 77.0 Å². The van der Waals surface area contributed by atoms with Gasteiger partial charge in [-0.3, -0.25) is 4.99 Å². The van der Waals surface area contributed by atoms with Gasteiger partial charge in [0.2, 0.25) is 0 Å². The Kier molecular flexibility index (Phi) is 10.7. The molecule has 31 heavy (non-hydrogen) atoms. The lowest BCUT2D eigenvalue weighted by Crippen LogP contribution is -2.58. The molecule has 0 saturated carbocycles. The molecule has 3 rings (SSSR count). The lowest BCUT2D eigenvalue weighted by atomic mass is 9.88. The predicted molar refractivity (Wildman–Crippen MR) is 141 cm³/mol. The highest BCUT2D eigenvalue weighted by Crippen LogP contribution is 2.25. The standard InChI is InChI=1S/C23H35N5OS.HI/c1-17-19(3)30-21(27-17)10-13-25-22(24-4)26-16-23(11-14-29-15-12-23)28-18(2)20-8-6-5-7-9-20;/h5-9,18,28H,10-16H2,1-4H3,(H2,24,25,26);1H. The van der Waals surface area contributed by atoms with Crippen molar-refractivity contribution in [3.8, 4) is 0 Å². The SMILES string of the molecule is CN=C(NCCc1nc(C)c(C)s1)NCC1(NC(C)c2ccccc2)CCOCC1.I. The molecule has 1 aromatic heterocycles. The molecule has 1 fully saturated rings. The fraction of sp³-hybridized carbons (Fsp3) is 0.565. The summed E-state index contributed by atoms with van der Waals surface area (Å²) in [7, 11) is 1.82. The van der Waals surface area contributed by atoms with Gasteiger partial charge in [-0.25, -0.2) is 4.98 Å². The van der Waals surface area contributed by atoms with Crippen LogP contribution in [0.25, 0.3) is 0 Å². The first kappa shape index (κ1) is 26.0. The Bertz CT molecular complexity index is 801. The van der Waals surface area contributed by atoms with E-state index in [-0.39, 0.29) is 35.6 Å². The van der Waals surface area contributed by atoms with Gasteiger partial charge in [0.1, 0.15) is 0 Å². The summed E-state index contributed by atoms with van der Waals surface area (Å²) in [6.45, 7) is 9.62. The molecule has 1 aliphatic heterocycles. The Hall–Kier alpha value is -1.23. The van der Waals surface area contributed by atoms with E-state index in [4.69, 9.17) is 4.74 Å². The van der Waals surface area contributed by atoms with E-state index >= 15 is 0 Å². The molecule has 172 valence electrons. The van der Waals surface area contributed by atoms with Crippen LogP contribution < -0.4 is 16.0 Å². The van der Waals surface area contributed by atoms with E-state index in [0.717, 1.165) is 57.2 Å². The number of hydrogen-bond acceptors (Lipinski definition) is 5. The predicted octanol–water partition coefficient (Wildman–Crippen LogP) is 3.99. The summed E-state index contributed by atoms with van der Waals surface area (Å²) in [6, 6.07) is 10.9. The van der Waals surface area contributed by atoms with Crippen LogP contribution in [-0.2, 0) is 11.2 Å². The minimum Gasteiger partial charge on any atom is -0.381 e. The third-order valence-electron chi connectivity index (χ3n) is 5.79. The second-order valence-electron chi connectivity index (χ2n) is 8.02. The first-order valence-corrected chi connectivity index (χ1v) is 11.6. The van der Waals surface area contributed by atoms with Crippen LogP contribution in [0.15, 0.2) is 35.3 Å². The normalized spacial score (nSPS) is 17.0. The number of halogens is 1. The van der Waals surface area contributed by atoms with Crippen LogP contribution in [0.2, 0.25) is 0 Å². The van der Waals surface area contributed by atoms with Gasteiger partial charge in [-0.2, -0.15) is 0 Å². The first-order valence-electron chi connectivity index (χ1n) is 10.8. The van der Waals surface area contributed by atoms with Crippen LogP contribution >= 0.6 is 35.3 Å². The third kappa shape index (κ3) is 7.69. The number of ether oxygens (including phenoxy) is 1. The highest BCUT2D eigenvalue weighted by molar-refractivity contribution is 14.0. The largest absolute Gasteiger partial charge is 0.381 e. The van der Waals surface area contributed by atoms with Crippen LogP contribution in [0, 0.1) is 13.8 Å². The van der Waals surface area contributed by atoms with Gasteiger partial charge in [0.05, 0.1) is 10.7 Å². The van der Waals surface area contributed by atoms with Gasteiger partial charge in [0.25, 0.3) is 0 Å². The number of guanidine groups is 1. The van der Waals surface area contributed by atoms with E-state index < -0.39 is 0 Å². The minimum absolute atomic E-state index is 0. The third-order valence-corrected chi connectivity index (χ3v) is 6.93. The number of thiazole rings is 1. The molecule has 2 heterocycles. The molecule has 1 unspecified atom stereocenters. The Morgan fingerprint density at radius 1 is 1.19 bits per heavy atom. The molecule has 1 aliphatic rings. The highest BCUT2D eigenvalue weighted by atomic mass is 127. The van der Waals surface area contributed by atoms with E-state index in [1.54, 1.807) is 11.3 Å². The van der Waals surface area contributed by atoms with Crippen LogP contribution in [0.5, 0.6) is 0 Å². The van der Waals surface area contributed by atoms with Crippen molar-refractivity contribution in [3.05, 3.63) is 51.5 Å². The number of rotatable bonds is 8. The van der Waals surface area contributed by atoms with Gasteiger partial charge < -0.3 is 20.7 Å². The van der Waals surface area contributed by atoms with E-state index in [1.165, 1.54) is 15.4 Å². The number of benzene rings is 1. The summed E-state index contributed by atoms with van der Waals surface area (Å²) in [6.07, 6.45) is 2.86. The number of nitrogens with one attached hydrogen (secondary N) is 3. The summed E-state index contributed by atoms with van der Waals surface area (Å²) in [5, 5.41) is 12.0. The van der Waals surface area contributed by atoms with Crippen LogP contribution in [0.3, 0.4) is 0 Å². The molecule has 1 saturated heterocycles. The smallest absolute Gasteiger partial charge is 0.191 e. The fourth-order valence-corrected chi connectivity index (χ4v) is 4.76. The van der Waals surface area contributed by atoms with Gasteiger partial charge in [-0.15, -0.1) is 35.3 Å². The van der Waals surface area contributed by atoms with Crippen molar-refractivity contribution in [2.75, 3.05) is 33.4 Å². The Morgan fingerprint density at radius 2 is 1.90 bits per heavy atom. The second kappa shape index (κ2) is 12.7. The zero-order chi connectivity index (χ0) is 21.4. The number of aryl methyl sites for hydroxylation is 2. The second-order valence-corrected chi connectivity index (χ2v) is 9.31. The maximum absolute atomic E-state index is 5.65. The average molecular weight is 558 g/mol. The summed E-state index contributed by atoms with van der Waals surface area (Å²) < 4.78 is 5.65. The number of nitrogens with zero attached hydrogens (tertiary/aromatic N) is 2. The maximum atomic E-state index is 5.65. The van der Waals surface area contributed by atoms with Gasteiger partial charge in [-0.05, 0) is 39.2 Å².